The minimum Gasteiger partial charge on any atom is -0.508 e. The Kier molecular flexibility index (Phi) is 2.74. The van der Waals surface area contributed by atoms with E-state index >= 15 is 0 Å². The Morgan fingerprint density at radius 1 is 1.38 bits per heavy atom. The summed E-state index contributed by atoms with van der Waals surface area (Å²) in [5.74, 6) is -0.242. The first kappa shape index (κ1) is 10.8. The Labute approximate surface area is 96.2 Å². The molecule has 0 spiro atoms. The van der Waals surface area contributed by atoms with Crippen molar-refractivity contribution in [2.45, 2.75) is 12.3 Å². The lowest BCUT2D eigenvalue weighted by molar-refractivity contribution is -0.118. The normalized spacial score (nSPS) is 19.7. The van der Waals surface area contributed by atoms with E-state index in [4.69, 9.17) is 0 Å². The molecule has 2 amide bonds. The zero-order valence-electron chi connectivity index (χ0n) is 8.48. The van der Waals surface area contributed by atoms with Gasteiger partial charge in [0.2, 0.25) is 0 Å². The summed E-state index contributed by atoms with van der Waals surface area (Å²) in [6.45, 7) is 1.83. The van der Waals surface area contributed by atoms with Gasteiger partial charge in [0.05, 0.1) is 0 Å². The standard InChI is InChI=1S/C10H10N2O3S/c1-5-2-6(4-7(13)3-5)11-9-8(14)12-10(15)16-9/h2-4,9,11,13H,1H3,(H,12,14,15). The van der Waals surface area contributed by atoms with Gasteiger partial charge in [0.1, 0.15) is 5.75 Å². The summed E-state index contributed by atoms with van der Waals surface area (Å²) in [5, 5.41) is 13.4. The van der Waals surface area contributed by atoms with Gasteiger partial charge in [-0.3, -0.25) is 14.9 Å². The smallest absolute Gasteiger partial charge is 0.288 e. The van der Waals surface area contributed by atoms with Crippen LogP contribution in [0.25, 0.3) is 0 Å². The van der Waals surface area contributed by atoms with Crippen LogP contribution in [0.5, 0.6) is 5.75 Å². The predicted octanol–water partition coefficient (Wildman–Crippen LogP) is 1.42. The maximum absolute atomic E-state index is 11.3. The van der Waals surface area contributed by atoms with Crippen molar-refractivity contribution in [3.63, 3.8) is 0 Å². The first-order valence-corrected chi connectivity index (χ1v) is 5.51. The molecule has 16 heavy (non-hydrogen) atoms. The summed E-state index contributed by atoms with van der Waals surface area (Å²) < 4.78 is 0. The lowest BCUT2D eigenvalue weighted by Crippen LogP contribution is -2.29. The number of hydrogen-bond acceptors (Lipinski definition) is 5. The number of hydrogen-bond donors (Lipinski definition) is 3. The molecule has 1 atom stereocenters. The highest BCUT2D eigenvalue weighted by atomic mass is 32.2. The van der Waals surface area contributed by atoms with Crippen molar-refractivity contribution < 1.29 is 14.7 Å². The van der Waals surface area contributed by atoms with E-state index in [9.17, 15) is 14.7 Å². The van der Waals surface area contributed by atoms with E-state index < -0.39 is 5.37 Å². The maximum Gasteiger partial charge on any atom is 0.288 e. The third kappa shape index (κ3) is 2.27. The first-order chi connectivity index (χ1) is 7.54. The Morgan fingerprint density at radius 2 is 2.12 bits per heavy atom. The van der Waals surface area contributed by atoms with Gasteiger partial charge in [0.25, 0.3) is 11.1 Å². The molecule has 6 heteroatoms. The van der Waals surface area contributed by atoms with E-state index in [0.717, 1.165) is 17.3 Å². The van der Waals surface area contributed by atoms with Crippen molar-refractivity contribution >= 4 is 28.6 Å². The van der Waals surface area contributed by atoms with E-state index in [1.807, 2.05) is 6.92 Å². The fourth-order valence-electron chi connectivity index (χ4n) is 1.45. The fraction of sp³-hybridized carbons (Fsp3) is 0.200. The van der Waals surface area contributed by atoms with Crippen molar-refractivity contribution in [3.8, 4) is 5.75 Å². The summed E-state index contributed by atoms with van der Waals surface area (Å²) in [7, 11) is 0. The molecule has 0 bridgehead atoms. The van der Waals surface area contributed by atoms with Gasteiger partial charge in [-0.25, -0.2) is 0 Å². The van der Waals surface area contributed by atoms with E-state index in [1.54, 1.807) is 12.1 Å². The third-order valence-electron chi connectivity index (χ3n) is 2.05. The monoisotopic (exact) mass is 238 g/mol. The summed E-state index contributed by atoms with van der Waals surface area (Å²) in [5.41, 5.74) is 1.48. The lowest BCUT2D eigenvalue weighted by atomic mass is 10.2. The Balaban J connectivity index is 2.15. The number of amides is 2. The van der Waals surface area contributed by atoms with Gasteiger partial charge >= 0.3 is 0 Å². The quantitative estimate of drug-likeness (QED) is 0.726. The van der Waals surface area contributed by atoms with Crippen LogP contribution in [-0.2, 0) is 4.79 Å². The number of phenols is 1. The molecule has 84 valence electrons. The van der Waals surface area contributed by atoms with Crippen LogP contribution in [0.3, 0.4) is 0 Å². The van der Waals surface area contributed by atoms with Crippen LogP contribution in [0.15, 0.2) is 18.2 Å². The average Bonchev–Trinajstić information content (AvgIpc) is 2.43. The van der Waals surface area contributed by atoms with Gasteiger partial charge in [-0.05, 0) is 36.4 Å². The van der Waals surface area contributed by atoms with E-state index in [2.05, 4.69) is 10.6 Å². The summed E-state index contributed by atoms with van der Waals surface area (Å²) in [6.07, 6.45) is 0. The number of anilines is 1. The summed E-state index contributed by atoms with van der Waals surface area (Å²) >= 11 is 0.888. The molecule has 1 aromatic rings. The Morgan fingerprint density at radius 3 is 2.69 bits per heavy atom. The van der Waals surface area contributed by atoms with Crippen molar-refractivity contribution in [2.24, 2.45) is 0 Å². The van der Waals surface area contributed by atoms with Crippen LogP contribution in [0.2, 0.25) is 0 Å². The van der Waals surface area contributed by atoms with Gasteiger partial charge < -0.3 is 10.4 Å². The molecule has 0 aromatic heterocycles. The van der Waals surface area contributed by atoms with Gasteiger partial charge in [-0.2, -0.15) is 0 Å². The number of imide groups is 1. The molecule has 0 radical (unpaired) electrons. The summed E-state index contributed by atoms with van der Waals surface area (Å²) in [4.78, 5) is 22.2. The van der Waals surface area contributed by atoms with Crippen molar-refractivity contribution in [1.29, 1.82) is 0 Å². The topological polar surface area (TPSA) is 78.4 Å². The van der Waals surface area contributed by atoms with Gasteiger partial charge in [0.15, 0.2) is 5.37 Å². The zero-order valence-corrected chi connectivity index (χ0v) is 9.30. The highest BCUT2D eigenvalue weighted by molar-refractivity contribution is 8.15. The minimum absolute atomic E-state index is 0.122. The van der Waals surface area contributed by atoms with Gasteiger partial charge in [-0.1, -0.05) is 0 Å². The molecule has 0 saturated carbocycles. The molecule has 1 saturated heterocycles. The van der Waals surface area contributed by atoms with Crippen LogP contribution >= 0.6 is 11.8 Å². The highest BCUT2D eigenvalue weighted by Gasteiger charge is 2.31. The molecule has 1 aliphatic heterocycles. The highest BCUT2D eigenvalue weighted by Crippen LogP contribution is 2.24. The molecular weight excluding hydrogens is 228 g/mol. The second-order valence-corrected chi connectivity index (χ2v) is 4.55. The molecule has 1 aromatic carbocycles. The van der Waals surface area contributed by atoms with Crippen LogP contribution < -0.4 is 10.6 Å². The fourth-order valence-corrected chi connectivity index (χ4v) is 2.18. The number of rotatable bonds is 2. The Hall–Kier alpha value is -1.69. The Bertz CT molecular complexity index is 441. The number of nitrogens with one attached hydrogen (secondary N) is 2. The predicted molar refractivity (Wildman–Crippen MR) is 61.4 cm³/mol. The van der Waals surface area contributed by atoms with Crippen LogP contribution in [0.1, 0.15) is 5.56 Å². The molecule has 5 nitrogen and oxygen atoms in total. The van der Waals surface area contributed by atoms with Gasteiger partial charge in [-0.15, -0.1) is 0 Å². The average molecular weight is 238 g/mol. The molecule has 1 unspecified atom stereocenters. The minimum atomic E-state index is -0.631. The number of benzene rings is 1. The molecule has 1 fully saturated rings. The number of phenolic OH excluding ortho intramolecular Hbond substituents is 1. The van der Waals surface area contributed by atoms with Gasteiger partial charge in [0, 0.05) is 11.8 Å². The number of carbonyl (C=O) groups is 2. The number of carbonyl (C=O) groups excluding carboxylic acids is 2. The second-order valence-electron chi connectivity index (χ2n) is 3.48. The first-order valence-electron chi connectivity index (χ1n) is 4.63. The maximum atomic E-state index is 11.3. The largest absolute Gasteiger partial charge is 0.508 e. The SMILES string of the molecule is Cc1cc(O)cc(NC2SC(=O)NC2=O)c1. The van der Waals surface area contributed by atoms with Crippen molar-refractivity contribution in [1.82, 2.24) is 5.32 Å². The van der Waals surface area contributed by atoms with Crippen molar-refractivity contribution in [2.75, 3.05) is 5.32 Å². The van der Waals surface area contributed by atoms with Crippen LogP contribution in [0, 0.1) is 6.92 Å². The third-order valence-corrected chi connectivity index (χ3v) is 2.93. The second kappa shape index (κ2) is 4.05. The molecule has 1 heterocycles. The summed E-state index contributed by atoms with van der Waals surface area (Å²) in [6, 6.07) is 4.90. The number of aryl methyl sites for hydroxylation is 1. The zero-order chi connectivity index (χ0) is 11.7. The lowest BCUT2D eigenvalue weighted by Gasteiger charge is -2.10. The van der Waals surface area contributed by atoms with E-state index in [0.29, 0.717) is 5.69 Å². The number of thioether (sulfide) groups is 1. The van der Waals surface area contributed by atoms with E-state index in [-0.39, 0.29) is 16.9 Å². The molecular formula is C10H10N2O3S. The van der Waals surface area contributed by atoms with E-state index in [1.165, 1.54) is 6.07 Å². The molecule has 0 aliphatic carbocycles. The number of aromatic hydroxyl groups is 1. The molecule has 2 rings (SSSR count). The molecule has 3 N–H and O–H groups in total. The van der Waals surface area contributed by atoms with Crippen LogP contribution in [-0.4, -0.2) is 21.6 Å². The van der Waals surface area contributed by atoms with Crippen LogP contribution in [0.4, 0.5) is 10.5 Å². The van der Waals surface area contributed by atoms with Crippen molar-refractivity contribution in [3.05, 3.63) is 23.8 Å². The molecule has 1 aliphatic rings.